The molecule has 0 aliphatic rings. The van der Waals surface area contributed by atoms with Crippen molar-refractivity contribution in [3.63, 3.8) is 0 Å². The molecule has 0 unspecified atom stereocenters. The summed E-state index contributed by atoms with van der Waals surface area (Å²) in [7, 11) is 0. The van der Waals surface area contributed by atoms with Crippen LogP contribution < -0.4 is 0 Å². The first-order valence-corrected chi connectivity index (χ1v) is 13.5. The second-order valence-corrected chi connectivity index (χ2v) is 10.4. The normalized spacial score (nSPS) is 11.3. The van der Waals surface area contributed by atoms with Gasteiger partial charge in [-0.1, -0.05) is 132 Å². The molecule has 0 fully saturated rings. The van der Waals surface area contributed by atoms with Gasteiger partial charge in [-0.25, -0.2) is 0 Å². The van der Waals surface area contributed by atoms with Crippen LogP contribution in [-0.2, 0) is 0 Å². The van der Waals surface area contributed by atoms with Crippen molar-refractivity contribution in [3.05, 3.63) is 145 Å². The number of hydrogen-bond donors (Lipinski definition) is 1. The van der Waals surface area contributed by atoms with E-state index in [1.54, 1.807) is 0 Å². The highest BCUT2D eigenvalue weighted by Gasteiger charge is 2.17. The van der Waals surface area contributed by atoms with Gasteiger partial charge in [-0.05, 0) is 69.3 Å². The van der Waals surface area contributed by atoms with Crippen molar-refractivity contribution < 1.29 is 0 Å². The van der Waals surface area contributed by atoms with Crippen molar-refractivity contribution in [2.45, 2.75) is 13.8 Å². The molecular weight excluding hydrogens is 470 g/mol. The SMILES string of the molecule is Cc1ccc(-c2ccc(-c3cc[nH]c3-c3ccc(-c4ccc(C)cc4)c4ccccc34)c3ccccc23)cc1. The van der Waals surface area contributed by atoms with E-state index < -0.39 is 0 Å². The van der Waals surface area contributed by atoms with Gasteiger partial charge in [0.05, 0.1) is 5.69 Å². The predicted octanol–water partition coefficient (Wildman–Crippen LogP) is 10.6. The van der Waals surface area contributed by atoms with E-state index in [0.29, 0.717) is 0 Å². The van der Waals surface area contributed by atoms with Gasteiger partial charge in [-0.2, -0.15) is 0 Å². The van der Waals surface area contributed by atoms with Gasteiger partial charge >= 0.3 is 0 Å². The van der Waals surface area contributed by atoms with E-state index in [0.717, 1.165) is 5.69 Å². The zero-order valence-corrected chi connectivity index (χ0v) is 22.2. The minimum Gasteiger partial charge on any atom is -0.361 e. The van der Waals surface area contributed by atoms with Crippen LogP contribution in [0.15, 0.2) is 134 Å². The van der Waals surface area contributed by atoms with Crippen LogP contribution in [0.2, 0.25) is 0 Å². The Labute approximate surface area is 229 Å². The molecule has 1 N–H and O–H groups in total. The summed E-state index contributed by atoms with van der Waals surface area (Å²) in [5.74, 6) is 0. The van der Waals surface area contributed by atoms with Crippen molar-refractivity contribution in [2.75, 3.05) is 0 Å². The molecule has 0 bridgehead atoms. The van der Waals surface area contributed by atoms with Crippen molar-refractivity contribution in [3.8, 4) is 44.6 Å². The highest BCUT2D eigenvalue weighted by atomic mass is 14.7. The molecule has 1 nitrogen and oxygen atoms in total. The molecule has 0 spiro atoms. The van der Waals surface area contributed by atoms with Crippen molar-refractivity contribution in [1.82, 2.24) is 4.98 Å². The van der Waals surface area contributed by atoms with Gasteiger partial charge in [0.2, 0.25) is 0 Å². The van der Waals surface area contributed by atoms with Crippen LogP contribution >= 0.6 is 0 Å². The first kappa shape index (κ1) is 23.3. The smallest absolute Gasteiger partial charge is 0.0540 e. The number of nitrogens with one attached hydrogen (secondary N) is 1. The fraction of sp³-hybridized carbons (Fsp3) is 0.0526. The first-order valence-electron chi connectivity index (χ1n) is 13.5. The van der Waals surface area contributed by atoms with Crippen LogP contribution in [0.25, 0.3) is 66.2 Å². The summed E-state index contributed by atoms with van der Waals surface area (Å²) in [6, 6.07) is 46.5. The zero-order chi connectivity index (χ0) is 26.3. The Morgan fingerprint density at radius 2 is 0.769 bits per heavy atom. The maximum Gasteiger partial charge on any atom is 0.0540 e. The lowest BCUT2D eigenvalue weighted by Gasteiger charge is -2.15. The molecule has 0 atom stereocenters. The minimum atomic E-state index is 1.15. The highest BCUT2D eigenvalue weighted by Crippen LogP contribution is 2.42. The van der Waals surface area contributed by atoms with Crippen LogP contribution in [0, 0.1) is 13.8 Å². The number of aryl methyl sites for hydroxylation is 2. The molecule has 0 amide bonds. The second kappa shape index (κ2) is 9.45. The van der Waals surface area contributed by atoms with E-state index >= 15 is 0 Å². The summed E-state index contributed by atoms with van der Waals surface area (Å²) in [6.07, 6.45) is 2.07. The maximum absolute atomic E-state index is 3.60. The van der Waals surface area contributed by atoms with Crippen molar-refractivity contribution >= 4 is 21.5 Å². The lowest BCUT2D eigenvalue weighted by molar-refractivity contribution is 1.41. The standard InChI is InChI=1S/C38H29N/c1-25-11-15-27(16-12-25)29-19-21-35(33-9-5-3-7-31(29)33)37-23-24-39-38(37)36-22-20-30(28-17-13-26(2)14-18-28)32-8-4-6-10-34(32)36/h3-24,39H,1-2H3. The summed E-state index contributed by atoms with van der Waals surface area (Å²) < 4.78 is 0. The summed E-state index contributed by atoms with van der Waals surface area (Å²) in [4.78, 5) is 3.60. The Morgan fingerprint density at radius 1 is 0.359 bits per heavy atom. The van der Waals surface area contributed by atoms with Gasteiger partial charge in [-0.3, -0.25) is 0 Å². The van der Waals surface area contributed by atoms with Crippen molar-refractivity contribution in [2.24, 2.45) is 0 Å². The molecule has 7 rings (SSSR count). The van der Waals surface area contributed by atoms with Crippen LogP contribution in [-0.4, -0.2) is 4.98 Å². The maximum atomic E-state index is 3.60. The Balaban J connectivity index is 1.41. The third kappa shape index (κ3) is 4.04. The number of fused-ring (bicyclic) bond motifs is 2. The third-order valence-electron chi connectivity index (χ3n) is 7.88. The quantitative estimate of drug-likeness (QED) is 0.248. The van der Waals surface area contributed by atoms with Gasteiger partial charge in [-0.15, -0.1) is 0 Å². The topological polar surface area (TPSA) is 15.8 Å². The molecule has 0 aliphatic heterocycles. The predicted molar refractivity (Wildman–Crippen MR) is 167 cm³/mol. The van der Waals surface area contributed by atoms with Gasteiger partial charge < -0.3 is 4.98 Å². The van der Waals surface area contributed by atoms with E-state index in [1.807, 2.05) is 0 Å². The molecule has 0 saturated heterocycles. The van der Waals surface area contributed by atoms with Crippen molar-refractivity contribution in [1.29, 1.82) is 0 Å². The van der Waals surface area contributed by atoms with E-state index in [4.69, 9.17) is 0 Å². The summed E-state index contributed by atoms with van der Waals surface area (Å²) >= 11 is 0. The van der Waals surface area contributed by atoms with Crippen LogP contribution in [0.4, 0.5) is 0 Å². The van der Waals surface area contributed by atoms with Gasteiger partial charge in [0.25, 0.3) is 0 Å². The average molecular weight is 500 g/mol. The van der Waals surface area contributed by atoms with Crippen LogP contribution in [0.5, 0.6) is 0 Å². The van der Waals surface area contributed by atoms with Crippen LogP contribution in [0.1, 0.15) is 11.1 Å². The zero-order valence-electron chi connectivity index (χ0n) is 22.2. The van der Waals surface area contributed by atoms with E-state index in [-0.39, 0.29) is 0 Å². The molecule has 0 saturated carbocycles. The summed E-state index contributed by atoms with van der Waals surface area (Å²) in [5, 5.41) is 5.04. The van der Waals surface area contributed by atoms with E-state index in [1.165, 1.54) is 71.6 Å². The molecule has 0 radical (unpaired) electrons. The fourth-order valence-corrected chi connectivity index (χ4v) is 5.84. The van der Waals surface area contributed by atoms with Gasteiger partial charge in [0.1, 0.15) is 0 Å². The largest absolute Gasteiger partial charge is 0.361 e. The molecule has 7 aromatic rings. The van der Waals surface area contributed by atoms with Gasteiger partial charge in [0, 0.05) is 17.3 Å². The number of H-pyrrole nitrogens is 1. The Hall–Kier alpha value is -4.88. The summed E-state index contributed by atoms with van der Waals surface area (Å²) in [6.45, 7) is 4.27. The molecule has 6 aromatic carbocycles. The number of rotatable bonds is 4. The third-order valence-corrected chi connectivity index (χ3v) is 7.88. The lowest BCUT2D eigenvalue weighted by Crippen LogP contribution is -1.90. The molecule has 0 aliphatic carbocycles. The first-order chi connectivity index (χ1) is 19.2. The Morgan fingerprint density at radius 3 is 1.28 bits per heavy atom. The number of aromatic amines is 1. The number of aromatic nitrogens is 1. The van der Waals surface area contributed by atoms with Gasteiger partial charge in [0.15, 0.2) is 0 Å². The lowest BCUT2D eigenvalue weighted by atomic mass is 9.89. The Kier molecular flexibility index (Phi) is 5.64. The second-order valence-electron chi connectivity index (χ2n) is 10.4. The average Bonchev–Trinajstić information content (AvgIpc) is 3.46. The monoisotopic (exact) mass is 499 g/mol. The molecular formula is C38H29N. The molecule has 1 heterocycles. The Bertz CT molecular complexity index is 1810. The minimum absolute atomic E-state index is 1.15. The fourth-order valence-electron chi connectivity index (χ4n) is 5.84. The number of benzene rings is 6. The summed E-state index contributed by atoms with van der Waals surface area (Å²) in [5.41, 5.74) is 12.4. The van der Waals surface area contributed by atoms with Crippen LogP contribution in [0.3, 0.4) is 0 Å². The molecule has 1 aromatic heterocycles. The molecule has 1 heteroatoms. The van der Waals surface area contributed by atoms with E-state index in [2.05, 4.69) is 152 Å². The highest BCUT2D eigenvalue weighted by molar-refractivity contribution is 6.10. The molecule has 39 heavy (non-hydrogen) atoms. The molecule has 186 valence electrons. The number of hydrogen-bond acceptors (Lipinski definition) is 0. The van der Waals surface area contributed by atoms with E-state index in [9.17, 15) is 0 Å².